The van der Waals surface area contributed by atoms with Crippen molar-refractivity contribution in [2.45, 2.75) is 39.2 Å². The molecule has 0 saturated carbocycles. The summed E-state index contributed by atoms with van der Waals surface area (Å²) in [6.07, 6.45) is 4.56. The Morgan fingerprint density at radius 3 is 2.68 bits per heavy atom. The number of hydrogen-bond donors (Lipinski definition) is 0. The van der Waals surface area contributed by atoms with Crippen LogP contribution in [0.15, 0.2) is 24.3 Å². The van der Waals surface area contributed by atoms with Gasteiger partial charge in [0.15, 0.2) is 0 Å². The van der Waals surface area contributed by atoms with Gasteiger partial charge in [0, 0.05) is 11.8 Å². The SMILES string of the molecule is CCOC(=O)C1(Cc2cccc(OC)c2)CCN([C@@H](C)CSC)CC1. The Hall–Kier alpha value is -1.20. The number of esters is 1. The highest BCUT2D eigenvalue weighted by atomic mass is 32.2. The Bertz CT molecular complexity index is 556. The van der Waals surface area contributed by atoms with Gasteiger partial charge in [-0.1, -0.05) is 12.1 Å². The van der Waals surface area contributed by atoms with Gasteiger partial charge in [-0.2, -0.15) is 11.8 Å². The van der Waals surface area contributed by atoms with E-state index in [1.165, 1.54) is 0 Å². The Morgan fingerprint density at radius 2 is 2.08 bits per heavy atom. The number of likely N-dealkylation sites (tertiary alicyclic amines) is 1. The minimum Gasteiger partial charge on any atom is -0.497 e. The molecule has 4 nitrogen and oxygen atoms in total. The summed E-state index contributed by atoms with van der Waals surface area (Å²) in [5, 5.41) is 0. The summed E-state index contributed by atoms with van der Waals surface area (Å²) >= 11 is 1.88. The molecule has 1 atom stereocenters. The Morgan fingerprint density at radius 1 is 1.36 bits per heavy atom. The number of ether oxygens (including phenoxy) is 2. The molecule has 1 aromatic carbocycles. The predicted octanol–water partition coefficient (Wildman–Crippen LogP) is 3.63. The van der Waals surface area contributed by atoms with Crippen molar-refractivity contribution in [3.8, 4) is 5.75 Å². The number of hydrogen-bond acceptors (Lipinski definition) is 5. The largest absolute Gasteiger partial charge is 0.497 e. The third kappa shape index (κ3) is 5.14. The molecule has 0 aromatic heterocycles. The first-order valence-electron chi connectivity index (χ1n) is 9.08. The van der Waals surface area contributed by atoms with Crippen molar-refractivity contribution in [1.82, 2.24) is 4.90 Å². The van der Waals surface area contributed by atoms with Crippen molar-refractivity contribution in [3.63, 3.8) is 0 Å². The Balaban J connectivity index is 2.14. The van der Waals surface area contributed by atoms with Crippen LogP contribution >= 0.6 is 11.8 Å². The maximum Gasteiger partial charge on any atom is 0.312 e. The zero-order valence-corrected chi connectivity index (χ0v) is 16.7. The number of carbonyl (C=O) groups is 1. The fraction of sp³-hybridized carbons (Fsp3) is 0.650. The zero-order chi connectivity index (χ0) is 18.3. The third-order valence-electron chi connectivity index (χ3n) is 5.17. The van der Waals surface area contributed by atoms with E-state index >= 15 is 0 Å². The average Bonchev–Trinajstić information content (AvgIpc) is 2.63. The summed E-state index contributed by atoms with van der Waals surface area (Å²) in [7, 11) is 1.67. The van der Waals surface area contributed by atoms with Crippen LogP contribution in [0.1, 0.15) is 32.3 Å². The van der Waals surface area contributed by atoms with E-state index in [9.17, 15) is 4.79 Å². The van der Waals surface area contributed by atoms with Gasteiger partial charge < -0.3 is 9.47 Å². The molecular weight excluding hydrogens is 334 g/mol. The van der Waals surface area contributed by atoms with Gasteiger partial charge in [-0.25, -0.2) is 0 Å². The topological polar surface area (TPSA) is 38.8 Å². The van der Waals surface area contributed by atoms with Crippen LogP contribution in [0.2, 0.25) is 0 Å². The van der Waals surface area contributed by atoms with E-state index in [0.29, 0.717) is 19.1 Å². The maximum absolute atomic E-state index is 12.8. The van der Waals surface area contributed by atoms with E-state index < -0.39 is 5.41 Å². The molecule has 1 aliphatic rings. The van der Waals surface area contributed by atoms with Crippen molar-refractivity contribution >= 4 is 17.7 Å². The second-order valence-electron chi connectivity index (χ2n) is 6.87. The van der Waals surface area contributed by atoms with E-state index in [-0.39, 0.29) is 5.97 Å². The highest BCUT2D eigenvalue weighted by Gasteiger charge is 2.43. The third-order valence-corrected chi connectivity index (χ3v) is 5.99. The molecule has 5 heteroatoms. The van der Waals surface area contributed by atoms with Crippen LogP contribution in [0.25, 0.3) is 0 Å². The standard InChI is InChI=1S/C20H31NO3S/c1-5-24-19(22)20(14-17-7-6-8-18(13-17)23-3)9-11-21(12-10-20)16(2)15-25-4/h6-8,13,16H,5,9-12,14-15H2,1-4H3/t16-/m0/s1. The number of nitrogens with zero attached hydrogens (tertiary/aromatic N) is 1. The molecule has 1 heterocycles. The van der Waals surface area contributed by atoms with Crippen LogP contribution in [-0.4, -0.2) is 55.7 Å². The molecule has 1 aliphatic heterocycles. The van der Waals surface area contributed by atoms with Crippen molar-refractivity contribution in [3.05, 3.63) is 29.8 Å². The molecule has 25 heavy (non-hydrogen) atoms. The minimum atomic E-state index is -0.419. The molecule has 0 N–H and O–H groups in total. The van der Waals surface area contributed by atoms with E-state index in [1.807, 2.05) is 36.9 Å². The predicted molar refractivity (Wildman–Crippen MR) is 104 cm³/mol. The second-order valence-corrected chi connectivity index (χ2v) is 7.78. The smallest absolute Gasteiger partial charge is 0.312 e. The lowest BCUT2D eigenvalue weighted by atomic mass is 9.73. The van der Waals surface area contributed by atoms with Gasteiger partial charge in [-0.15, -0.1) is 0 Å². The summed E-state index contributed by atoms with van der Waals surface area (Å²) in [6, 6.07) is 8.58. The summed E-state index contributed by atoms with van der Waals surface area (Å²) < 4.78 is 10.8. The van der Waals surface area contributed by atoms with Crippen molar-refractivity contribution in [1.29, 1.82) is 0 Å². The summed E-state index contributed by atoms with van der Waals surface area (Å²) in [6.45, 7) is 6.49. The van der Waals surface area contributed by atoms with Gasteiger partial charge >= 0.3 is 5.97 Å². The average molecular weight is 366 g/mol. The Labute approximate surface area is 156 Å². The summed E-state index contributed by atoms with van der Waals surface area (Å²) in [5.41, 5.74) is 0.718. The quantitative estimate of drug-likeness (QED) is 0.658. The number of piperidine rings is 1. The molecule has 1 aromatic rings. The number of carbonyl (C=O) groups excluding carboxylic acids is 1. The van der Waals surface area contributed by atoms with Gasteiger partial charge in [0.2, 0.25) is 0 Å². The van der Waals surface area contributed by atoms with E-state index in [4.69, 9.17) is 9.47 Å². The molecule has 0 spiro atoms. The molecular formula is C20H31NO3S. The fourth-order valence-electron chi connectivity index (χ4n) is 3.65. The van der Waals surface area contributed by atoms with Crippen LogP contribution in [0.4, 0.5) is 0 Å². The van der Waals surface area contributed by atoms with Crippen molar-refractivity contribution < 1.29 is 14.3 Å². The summed E-state index contributed by atoms with van der Waals surface area (Å²) in [5.74, 6) is 1.92. The molecule has 0 bridgehead atoms. The van der Waals surface area contributed by atoms with Crippen LogP contribution in [0, 0.1) is 5.41 Å². The van der Waals surface area contributed by atoms with E-state index in [2.05, 4.69) is 24.1 Å². The lowest BCUT2D eigenvalue weighted by molar-refractivity contribution is -0.159. The molecule has 0 unspecified atom stereocenters. The number of methoxy groups -OCH3 is 1. The summed E-state index contributed by atoms with van der Waals surface area (Å²) in [4.78, 5) is 15.3. The molecule has 0 aliphatic carbocycles. The normalized spacial score (nSPS) is 18.6. The van der Waals surface area contributed by atoms with Crippen molar-refractivity contribution in [2.75, 3.05) is 38.8 Å². The van der Waals surface area contributed by atoms with E-state index in [0.717, 1.165) is 43.0 Å². The Kier molecular flexibility index (Phi) is 7.63. The van der Waals surface area contributed by atoms with Crippen LogP contribution in [0.5, 0.6) is 5.75 Å². The fourth-order valence-corrected chi connectivity index (χ4v) is 4.34. The highest BCUT2D eigenvalue weighted by molar-refractivity contribution is 7.98. The first-order chi connectivity index (χ1) is 12.0. The van der Waals surface area contributed by atoms with Crippen molar-refractivity contribution in [2.24, 2.45) is 5.41 Å². The molecule has 1 saturated heterocycles. The number of rotatable bonds is 8. The first-order valence-corrected chi connectivity index (χ1v) is 10.5. The zero-order valence-electron chi connectivity index (χ0n) is 15.9. The lowest BCUT2D eigenvalue weighted by Gasteiger charge is -2.42. The number of thioether (sulfide) groups is 1. The van der Waals surface area contributed by atoms with Crippen LogP contribution in [-0.2, 0) is 16.0 Å². The number of benzene rings is 1. The molecule has 140 valence electrons. The van der Waals surface area contributed by atoms with Gasteiger partial charge in [0.05, 0.1) is 19.1 Å². The van der Waals surface area contributed by atoms with Gasteiger partial charge in [-0.05, 0) is 70.2 Å². The lowest BCUT2D eigenvalue weighted by Crippen LogP contribution is -2.49. The van der Waals surface area contributed by atoms with Crippen LogP contribution < -0.4 is 4.74 Å². The maximum atomic E-state index is 12.8. The monoisotopic (exact) mass is 365 g/mol. The molecule has 0 radical (unpaired) electrons. The molecule has 2 rings (SSSR count). The molecule has 1 fully saturated rings. The van der Waals surface area contributed by atoms with Gasteiger partial charge in [-0.3, -0.25) is 9.69 Å². The second kappa shape index (κ2) is 9.48. The minimum absolute atomic E-state index is 0.0463. The van der Waals surface area contributed by atoms with Gasteiger partial charge in [0.25, 0.3) is 0 Å². The van der Waals surface area contributed by atoms with E-state index in [1.54, 1.807) is 7.11 Å². The molecule has 0 amide bonds. The van der Waals surface area contributed by atoms with Gasteiger partial charge in [0.1, 0.15) is 5.75 Å². The highest BCUT2D eigenvalue weighted by Crippen LogP contribution is 2.38. The van der Waals surface area contributed by atoms with Crippen LogP contribution in [0.3, 0.4) is 0 Å². The first kappa shape index (κ1) is 20.1.